The predicted molar refractivity (Wildman–Crippen MR) is 138 cm³/mol. The Kier molecular flexibility index (Phi) is 7.18. The third kappa shape index (κ3) is 5.23. The summed E-state index contributed by atoms with van der Waals surface area (Å²) in [5.74, 6) is 0.696. The van der Waals surface area contributed by atoms with Crippen molar-refractivity contribution in [3.8, 4) is 0 Å². The van der Waals surface area contributed by atoms with E-state index in [-0.39, 0.29) is 10.7 Å². The smallest absolute Gasteiger partial charge is 0.258 e. The quantitative estimate of drug-likeness (QED) is 0.494. The van der Waals surface area contributed by atoms with Gasteiger partial charge in [0.25, 0.3) is 5.91 Å². The first kappa shape index (κ1) is 22.9. The zero-order chi connectivity index (χ0) is 22.0. The second-order valence-corrected chi connectivity index (χ2v) is 12.3. The summed E-state index contributed by atoms with van der Waals surface area (Å²) in [5, 5.41) is 0. The van der Waals surface area contributed by atoms with Crippen LogP contribution in [0.15, 0.2) is 42.5 Å². The van der Waals surface area contributed by atoms with Gasteiger partial charge >= 0.3 is 0 Å². The molecule has 7 heteroatoms. The topological polar surface area (TPSA) is 32.8 Å². The lowest BCUT2D eigenvalue weighted by Gasteiger charge is -2.27. The highest BCUT2D eigenvalue weighted by Gasteiger charge is 2.34. The molecule has 0 saturated carbocycles. The van der Waals surface area contributed by atoms with Crippen LogP contribution in [0.3, 0.4) is 0 Å². The van der Waals surface area contributed by atoms with Gasteiger partial charge in [0, 0.05) is 31.5 Å². The lowest BCUT2D eigenvalue weighted by Crippen LogP contribution is -2.30. The van der Waals surface area contributed by atoms with E-state index in [9.17, 15) is 4.79 Å². The van der Waals surface area contributed by atoms with Gasteiger partial charge in [0.2, 0.25) is 0 Å². The summed E-state index contributed by atoms with van der Waals surface area (Å²) >= 11 is 0. The maximum Gasteiger partial charge on any atom is 0.258 e. The van der Waals surface area contributed by atoms with Gasteiger partial charge in [-0.3, -0.25) is 9.69 Å². The molecule has 0 bridgehead atoms. The zero-order valence-corrected chi connectivity index (χ0v) is 21.0. The Morgan fingerprint density at radius 1 is 1.19 bits per heavy atom. The summed E-state index contributed by atoms with van der Waals surface area (Å²) in [4.78, 5) is 17.7. The van der Waals surface area contributed by atoms with E-state index < -0.39 is 0 Å². The highest BCUT2D eigenvalue weighted by atomic mass is 31.1. The number of carbonyl (C=O) groups is 1. The van der Waals surface area contributed by atoms with Gasteiger partial charge in [-0.1, -0.05) is 30.7 Å². The van der Waals surface area contributed by atoms with Crippen LogP contribution in [0.5, 0.6) is 0 Å². The molecule has 4 rings (SSSR count). The summed E-state index contributed by atoms with van der Waals surface area (Å²) in [6.07, 6.45) is 3.73. The monoisotopic (exact) mass is 454 g/mol. The maximum atomic E-state index is 13.4. The van der Waals surface area contributed by atoms with Crippen LogP contribution in [-0.2, 0) is 22.6 Å². The Morgan fingerprint density at radius 2 is 1.97 bits per heavy atom. The number of fused-ring (bicyclic) bond motifs is 1. The maximum absolute atomic E-state index is 13.4. The van der Waals surface area contributed by atoms with Crippen LogP contribution in [0.1, 0.15) is 46.3 Å². The van der Waals surface area contributed by atoms with Crippen molar-refractivity contribution in [2.24, 2.45) is 5.92 Å². The highest BCUT2D eigenvalue weighted by molar-refractivity contribution is 7.43. The standard InChI is InChI=1S/C24H33BN2O2P2/c1-29-16-17-7-5-6-10-26(13-17)14-18-11-20-21(22(12-18)24(25,30)31)15-27(23(20)28)19-8-3-2-4-9-19/h2-4,8-9,11-12,17H,5-7,10,13-16,25,30-31H2,1H3. The molecule has 31 heavy (non-hydrogen) atoms. The SMILES string of the molecule is BC(P)(P)c1cc(CN2CCCCC(COC)C2)cc2c1CN(c1ccccc1)C2=O. The van der Waals surface area contributed by atoms with Crippen molar-refractivity contribution in [2.75, 3.05) is 31.7 Å². The van der Waals surface area contributed by atoms with Crippen molar-refractivity contribution in [2.45, 2.75) is 37.1 Å². The number of para-hydroxylation sites is 1. The van der Waals surface area contributed by atoms with E-state index in [4.69, 9.17) is 4.74 Å². The number of hydrogen-bond donors (Lipinski definition) is 0. The molecule has 2 aromatic carbocycles. The van der Waals surface area contributed by atoms with Crippen LogP contribution in [-0.4, -0.2) is 45.5 Å². The fraction of sp³-hybridized carbons (Fsp3) is 0.458. The highest BCUT2D eigenvalue weighted by Crippen LogP contribution is 2.42. The Hall–Kier alpha value is -1.25. The summed E-state index contributed by atoms with van der Waals surface area (Å²) in [6.45, 7) is 4.50. The summed E-state index contributed by atoms with van der Waals surface area (Å²) in [5.41, 5.74) is 5.42. The molecule has 2 heterocycles. The molecule has 1 fully saturated rings. The third-order valence-electron chi connectivity index (χ3n) is 6.41. The third-order valence-corrected chi connectivity index (χ3v) is 7.03. The Morgan fingerprint density at radius 3 is 2.68 bits per heavy atom. The summed E-state index contributed by atoms with van der Waals surface area (Å²) < 4.78 is 5.45. The molecule has 1 amide bonds. The molecular weight excluding hydrogens is 421 g/mol. The fourth-order valence-corrected chi connectivity index (χ4v) is 5.46. The lowest BCUT2D eigenvalue weighted by molar-refractivity contribution is 0.0996. The van der Waals surface area contributed by atoms with Gasteiger partial charge in [0.05, 0.1) is 13.2 Å². The molecule has 0 aromatic heterocycles. The molecule has 0 N–H and O–H groups in total. The number of likely N-dealkylation sites (tertiary alicyclic amines) is 1. The average molecular weight is 454 g/mol. The van der Waals surface area contributed by atoms with Gasteiger partial charge in [0.1, 0.15) is 7.85 Å². The zero-order valence-electron chi connectivity index (χ0n) is 18.6. The predicted octanol–water partition coefficient (Wildman–Crippen LogP) is 3.59. The number of carbonyl (C=O) groups excluding carboxylic acids is 1. The number of benzene rings is 2. The van der Waals surface area contributed by atoms with E-state index in [1.807, 2.05) is 35.2 Å². The van der Waals surface area contributed by atoms with E-state index in [1.165, 1.54) is 30.4 Å². The minimum absolute atomic E-state index is 0.108. The van der Waals surface area contributed by atoms with Crippen LogP contribution >= 0.6 is 18.5 Å². The lowest BCUT2D eigenvalue weighted by atomic mass is 9.87. The molecule has 0 aliphatic carbocycles. The van der Waals surface area contributed by atoms with Crippen molar-refractivity contribution < 1.29 is 9.53 Å². The van der Waals surface area contributed by atoms with Gasteiger partial charge in [-0.2, -0.15) is 0 Å². The number of amides is 1. The number of ether oxygens (including phenoxy) is 1. The van der Waals surface area contributed by atoms with E-state index in [1.54, 1.807) is 7.11 Å². The normalized spacial score (nSPS) is 20.0. The van der Waals surface area contributed by atoms with Crippen molar-refractivity contribution in [3.05, 3.63) is 64.7 Å². The molecule has 4 nitrogen and oxygen atoms in total. The number of anilines is 1. The van der Waals surface area contributed by atoms with Crippen molar-refractivity contribution in [1.29, 1.82) is 0 Å². The molecule has 1 saturated heterocycles. The fourth-order valence-electron chi connectivity index (χ4n) is 4.95. The molecule has 2 aliphatic heterocycles. The van der Waals surface area contributed by atoms with Crippen LogP contribution in [0.4, 0.5) is 5.69 Å². The second-order valence-electron chi connectivity index (χ2n) is 9.23. The second kappa shape index (κ2) is 9.71. The summed E-state index contributed by atoms with van der Waals surface area (Å²) in [7, 11) is 9.85. The molecule has 0 radical (unpaired) electrons. The van der Waals surface area contributed by atoms with Crippen LogP contribution in [0.2, 0.25) is 0 Å². The van der Waals surface area contributed by atoms with E-state index >= 15 is 0 Å². The van der Waals surface area contributed by atoms with Crippen LogP contribution < -0.4 is 4.90 Å². The first-order chi connectivity index (χ1) is 14.9. The van der Waals surface area contributed by atoms with E-state index in [0.29, 0.717) is 12.5 Å². The molecule has 2 aromatic rings. The number of hydrogen-bond acceptors (Lipinski definition) is 3. The largest absolute Gasteiger partial charge is 0.384 e. The molecule has 2 aliphatic rings. The van der Waals surface area contributed by atoms with Gasteiger partial charge in [-0.15, -0.1) is 18.5 Å². The van der Waals surface area contributed by atoms with Gasteiger partial charge in [-0.05, 0) is 65.0 Å². The first-order valence-electron chi connectivity index (χ1n) is 11.2. The minimum atomic E-state index is -0.176. The Bertz CT molecular complexity index is 933. The number of nitrogens with zero attached hydrogens (tertiary/aromatic N) is 2. The molecular formula is C24H33BN2O2P2. The molecule has 0 spiro atoms. The Labute approximate surface area is 191 Å². The summed E-state index contributed by atoms with van der Waals surface area (Å²) in [6, 6.07) is 14.4. The van der Waals surface area contributed by atoms with Gasteiger partial charge in [-0.25, -0.2) is 0 Å². The minimum Gasteiger partial charge on any atom is -0.384 e. The van der Waals surface area contributed by atoms with Crippen LogP contribution in [0.25, 0.3) is 0 Å². The van der Waals surface area contributed by atoms with Gasteiger partial charge in [0.15, 0.2) is 0 Å². The van der Waals surface area contributed by atoms with Crippen molar-refractivity contribution in [1.82, 2.24) is 4.90 Å². The first-order valence-corrected chi connectivity index (χ1v) is 12.3. The van der Waals surface area contributed by atoms with Crippen molar-refractivity contribution >= 4 is 37.9 Å². The van der Waals surface area contributed by atoms with E-state index in [2.05, 4.69) is 43.4 Å². The van der Waals surface area contributed by atoms with Gasteiger partial charge < -0.3 is 9.64 Å². The molecule has 3 atom stereocenters. The van der Waals surface area contributed by atoms with Crippen molar-refractivity contribution in [3.63, 3.8) is 0 Å². The number of methoxy groups -OCH3 is 1. The molecule has 3 unspecified atom stereocenters. The number of rotatable bonds is 6. The molecule has 164 valence electrons. The van der Waals surface area contributed by atoms with E-state index in [0.717, 1.165) is 43.1 Å². The Balaban J connectivity index is 1.64. The van der Waals surface area contributed by atoms with Crippen LogP contribution in [0, 0.1) is 5.92 Å². The average Bonchev–Trinajstić information content (AvgIpc) is 2.91.